The van der Waals surface area contributed by atoms with Gasteiger partial charge in [0.25, 0.3) is 0 Å². The van der Waals surface area contributed by atoms with E-state index in [1.807, 2.05) is 11.3 Å². The van der Waals surface area contributed by atoms with Gasteiger partial charge in [0.1, 0.15) is 0 Å². The lowest BCUT2D eigenvalue weighted by molar-refractivity contribution is 1.18. The van der Waals surface area contributed by atoms with Crippen LogP contribution in [0.25, 0.3) is 124 Å². The molecular weight excluding hydrogens is 925 g/mol. The van der Waals surface area contributed by atoms with Gasteiger partial charge < -0.3 is 9.47 Å². The molecule has 3 heteroatoms. The molecule has 15 rings (SSSR count). The lowest BCUT2D eigenvalue weighted by Gasteiger charge is -2.26. The second-order valence-electron chi connectivity index (χ2n) is 19.6. The van der Waals surface area contributed by atoms with Gasteiger partial charge >= 0.3 is 0 Å². The first-order valence-corrected chi connectivity index (χ1v) is 26.5. The van der Waals surface area contributed by atoms with Crippen molar-refractivity contribution in [2.75, 3.05) is 4.90 Å². The van der Waals surface area contributed by atoms with Crippen LogP contribution >= 0.6 is 11.3 Å². The van der Waals surface area contributed by atoms with Crippen LogP contribution in [0.2, 0.25) is 0 Å². The maximum Gasteiger partial charge on any atom is 0.0541 e. The second-order valence-corrected chi connectivity index (χ2v) is 20.7. The zero-order valence-electron chi connectivity index (χ0n) is 40.9. The van der Waals surface area contributed by atoms with Crippen molar-refractivity contribution in [2.24, 2.45) is 0 Å². The van der Waals surface area contributed by atoms with E-state index in [9.17, 15) is 0 Å². The van der Waals surface area contributed by atoms with Crippen LogP contribution in [0.5, 0.6) is 0 Å². The van der Waals surface area contributed by atoms with E-state index in [-0.39, 0.29) is 0 Å². The van der Waals surface area contributed by atoms with Gasteiger partial charge in [-0.2, -0.15) is 0 Å². The largest absolute Gasteiger partial charge is 0.311 e. The summed E-state index contributed by atoms with van der Waals surface area (Å²) in [5.41, 5.74) is 16.4. The first-order chi connectivity index (χ1) is 37.2. The Morgan fingerprint density at radius 2 is 0.747 bits per heavy atom. The highest BCUT2D eigenvalue weighted by atomic mass is 32.1. The van der Waals surface area contributed by atoms with Gasteiger partial charge in [-0.15, -0.1) is 11.3 Å². The van der Waals surface area contributed by atoms with Crippen molar-refractivity contribution in [1.82, 2.24) is 4.57 Å². The number of nitrogens with zero attached hydrogens (tertiary/aromatic N) is 2. The highest BCUT2D eigenvalue weighted by Crippen LogP contribution is 2.43. The molecule has 2 aromatic heterocycles. The summed E-state index contributed by atoms with van der Waals surface area (Å²) in [7, 11) is 0. The molecule has 13 aromatic carbocycles. The zero-order valence-corrected chi connectivity index (χ0v) is 41.7. The van der Waals surface area contributed by atoms with Crippen LogP contribution in [0.1, 0.15) is 0 Å². The van der Waals surface area contributed by atoms with Crippen molar-refractivity contribution in [1.29, 1.82) is 0 Å². The van der Waals surface area contributed by atoms with Gasteiger partial charge in [-0.1, -0.05) is 200 Å². The summed E-state index contributed by atoms with van der Waals surface area (Å²) in [5, 5.41) is 12.8. The molecule has 0 spiro atoms. The standard InChI is InChI=1S/C72H46N2S/c1-4-20-61-50(13-1)33-42-67-66-41-34-53(46-71(66)75-72(61)67)49-31-39-58(40-32-49)73(57-37-29-48(30-38-57)52-16-12-18-59(44-52)74-69-25-9-7-23-64(69)65-24-8-10-26-70(65)74)56-35-27-47(28-36-56)51-15-11-17-54(43-51)68-45-55-14-2-3-19-60(55)62-21-5-6-22-63(62)68/h1-46H. The molecule has 0 unspecified atom stereocenters. The van der Waals surface area contributed by atoms with Crippen LogP contribution in [-0.2, 0) is 0 Å². The maximum atomic E-state index is 2.39. The van der Waals surface area contributed by atoms with Crippen LogP contribution in [0.3, 0.4) is 0 Å². The predicted octanol–water partition coefficient (Wildman–Crippen LogP) is 20.7. The van der Waals surface area contributed by atoms with Crippen LogP contribution in [0.4, 0.5) is 17.1 Å². The number of hydrogen-bond donors (Lipinski definition) is 0. The number of fused-ring (bicyclic) bond motifs is 11. The summed E-state index contributed by atoms with van der Waals surface area (Å²) in [4.78, 5) is 2.38. The molecule has 0 N–H and O–H groups in total. The van der Waals surface area contributed by atoms with Crippen molar-refractivity contribution in [2.45, 2.75) is 0 Å². The van der Waals surface area contributed by atoms with Crippen molar-refractivity contribution >= 4 is 103 Å². The van der Waals surface area contributed by atoms with E-state index in [1.165, 1.54) is 113 Å². The van der Waals surface area contributed by atoms with E-state index in [0.717, 1.165) is 28.3 Å². The van der Waals surface area contributed by atoms with E-state index in [4.69, 9.17) is 0 Å². The third kappa shape index (κ3) is 7.31. The normalized spacial score (nSPS) is 11.7. The van der Waals surface area contributed by atoms with Crippen molar-refractivity contribution in [3.8, 4) is 50.2 Å². The third-order valence-electron chi connectivity index (χ3n) is 15.4. The number of hydrogen-bond acceptors (Lipinski definition) is 2. The lowest BCUT2D eigenvalue weighted by Crippen LogP contribution is -2.09. The minimum Gasteiger partial charge on any atom is -0.311 e. The van der Waals surface area contributed by atoms with Gasteiger partial charge in [0.2, 0.25) is 0 Å². The topological polar surface area (TPSA) is 8.17 Å². The van der Waals surface area contributed by atoms with E-state index in [1.54, 1.807) is 0 Å². The molecule has 0 radical (unpaired) electrons. The Morgan fingerprint density at radius 1 is 0.267 bits per heavy atom. The van der Waals surface area contributed by atoms with Crippen LogP contribution < -0.4 is 4.90 Å². The van der Waals surface area contributed by atoms with Crippen molar-refractivity contribution < 1.29 is 0 Å². The van der Waals surface area contributed by atoms with Crippen molar-refractivity contribution in [3.05, 3.63) is 279 Å². The maximum absolute atomic E-state index is 2.39. The first kappa shape index (κ1) is 43.1. The molecular formula is C72H46N2S. The average Bonchev–Trinajstić information content (AvgIpc) is 4.04. The molecule has 0 aliphatic heterocycles. The number of benzene rings is 13. The van der Waals surface area contributed by atoms with Crippen LogP contribution in [0, 0.1) is 0 Å². The number of anilines is 3. The highest BCUT2D eigenvalue weighted by Gasteiger charge is 2.17. The quantitative estimate of drug-likeness (QED) is 0.138. The molecule has 350 valence electrons. The molecule has 2 nitrogen and oxygen atoms in total. The highest BCUT2D eigenvalue weighted by molar-refractivity contribution is 7.26. The lowest BCUT2D eigenvalue weighted by atomic mass is 9.92. The average molecular weight is 971 g/mol. The Balaban J connectivity index is 0.796. The Kier molecular flexibility index (Phi) is 10.1. The number of thiophene rings is 1. The molecule has 0 saturated heterocycles. The Hall–Kier alpha value is -9.54. The minimum atomic E-state index is 1.09. The van der Waals surface area contributed by atoms with E-state index in [2.05, 4.69) is 289 Å². The zero-order chi connectivity index (χ0) is 49.4. The smallest absolute Gasteiger partial charge is 0.0541 e. The van der Waals surface area contributed by atoms with E-state index >= 15 is 0 Å². The molecule has 2 heterocycles. The summed E-state index contributed by atoms with van der Waals surface area (Å²) in [6.45, 7) is 0. The third-order valence-corrected chi connectivity index (χ3v) is 16.6. The van der Waals surface area contributed by atoms with Crippen LogP contribution in [0.15, 0.2) is 279 Å². The van der Waals surface area contributed by atoms with Gasteiger partial charge in [0.15, 0.2) is 0 Å². The summed E-state index contributed by atoms with van der Waals surface area (Å²) in [5.74, 6) is 0. The summed E-state index contributed by atoms with van der Waals surface area (Å²) < 4.78 is 5.05. The van der Waals surface area contributed by atoms with Gasteiger partial charge in [-0.05, 0) is 156 Å². The number of aromatic nitrogens is 1. The SMILES string of the molecule is c1cc(-c2ccc(N(c3ccc(-c4cccc(-n5c6ccccc6c6ccccc65)c4)cc3)c3ccc(-c4ccc5c(c4)sc4c6ccccc6ccc54)cc3)cc2)cc(-c2cc3ccccc3c3ccccc23)c1. The fourth-order valence-corrected chi connectivity index (χ4v) is 13.0. The van der Waals surface area contributed by atoms with E-state index in [0.29, 0.717) is 0 Å². The summed E-state index contributed by atoms with van der Waals surface area (Å²) >= 11 is 1.89. The monoisotopic (exact) mass is 970 g/mol. The van der Waals surface area contributed by atoms with Crippen LogP contribution in [-0.4, -0.2) is 4.57 Å². The fourth-order valence-electron chi connectivity index (χ4n) is 11.7. The molecule has 0 amide bonds. The Morgan fingerprint density at radius 3 is 1.40 bits per heavy atom. The molecule has 75 heavy (non-hydrogen) atoms. The summed E-state index contributed by atoms with van der Waals surface area (Å²) in [6, 6.07) is 103. The van der Waals surface area contributed by atoms with Gasteiger partial charge in [-0.3, -0.25) is 0 Å². The number of para-hydroxylation sites is 2. The van der Waals surface area contributed by atoms with Crippen molar-refractivity contribution in [3.63, 3.8) is 0 Å². The fraction of sp³-hybridized carbons (Fsp3) is 0. The Bertz CT molecular complexity index is 4640. The molecule has 0 fully saturated rings. The molecule has 0 saturated carbocycles. The summed E-state index contributed by atoms with van der Waals surface area (Å²) in [6.07, 6.45) is 0. The predicted molar refractivity (Wildman–Crippen MR) is 323 cm³/mol. The molecule has 15 aromatic rings. The molecule has 0 bridgehead atoms. The van der Waals surface area contributed by atoms with Gasteiger partial charge in [0, 0.05) is 53.7 Å². The van der Waals surface area contributed by atoms with E-state index < -0.39 is 0 Å². The number of rotatable bonds is 8. The molecule has 0 atom stereocenters. The molecule has 0 aliphatic rings. The second kappa shape index (κ2) is 17.6. The minimum absolute atomic E-state index is 1.09. The van der Waals surface area contributed by atoms with Gasteiger partial charge in [-0.25, -0.2) is 0 Å². The van der Waals surface area contributed by atoms with Gasteiger partial charge in [0.05, 0.1) is 11.0 Å². The molecule has 0 aliphatic carbocycles. The first-order valence-electron chi connectivity index (χ1n) is 25.7. The Labute approximate surface area is 438 Å².